The summed E-state index contributed by atoms with van der Waals surface area (Å²) in [6.07, 6.45) is 5.29. The molecule has 3 nitrogen and oxygen atoms in total. The van der Waals surface area contributed by atoms with Crippen LogP contribution in [0, 0.1) is 0 Å². The highest BCUT2D eigenvalue weighted by Gasteiger charge is 2.30. The molecule has 1 amide bonds. The summed E-state index contributed by atoms with van der Waals surface area (Å²) in [5.74, 6) is 0.164. The zero-order valence-electron chi connectivity index (χ0n) is 11.5. The van der Waals surface area contributed by atoms with E-state index in [4.69, 9.17) is 0 Å². The zero-order chi connectivity index (χ0) is 13.4. The molecule has 1 aromatic carbocycles. The number of H-pyrrole nitrogens is 1. The number of para-hydroxylation sites is 1. The van der Waals surface area contributed by atoms with Gasteiger partial charge in [-0.2, -0.15) is 0 Å². The predicted octanol–water partition coefficient (Wildman–Crippen LogP) is 3.57. The van der Waals surface area contributed by atoms with E-state index in [1.54, 1.807) is 0 Å². The van der Waals surface area contributed by atoms with Gasteiger partial charge in [0.2, 0.25) is 0 Å². The number of hydrogen-bond donors (Lipinski definition) is 1. The summed E-state index contributed by atoms with van der Waals surface area (Å²) < 4.78 is 0. The van der Waals surface area contributed by atoms with E-state index in [1.165, 1.54) is 6.42 Å². The molecule has 1 aliphatic heterocycles. The van der Waals surface area contributed by atoms with Crippen LogP contribution in [0.25, 0.3) is 10.9 Å². The zero-order valence-corrected chi connectivity index (χ0v) is 11.5. The number of piperidine rings is 1. The summed E-state index contributed by atoms with van der Waals surface area (Å²) in [7, 11) is 0. The molecule has 0 unspecified atom stereocenters. The van der Waals surface area contributed by atoms with Gasteiger partial charge in [0.05, 0.1) is 5.56 Å². The van der Waals surface area contributed by atoms with Crippen molar-refractivity contribution in [2.45, 2.75) is 45.2 Å². The van der Waals surface area contributed by atoms with Gasteiger partial charge >= 0.3 is 0 Å². The third-order valence-corrected chi connectivity index (χ3v) is 4.25. The van der Waals surface area contributed by atoms with Crippen molar-refractivity contribution in [1.29, 1.82) is 0 Å². The van der Waals surface area contributed by atoms with Crippen molar-refractivity contribution in [3.8, 4) is 0 Å². The second kappa shape index (κ2) is 4.72. The first-order valence-corrected chi connectivity index (χ1v) is 7.07. The maximum absolute atomic E-state index is 12.8. The highest BCUT2D eigenvalue weighted by atomic mass is 16.2. The lowest BCUT2D eigenvalue weighted by atomic mass is 9.96. The Hall–Kier alpha value is -1.77. The molecule has 1 N–H and O–H groups in total. The Labute approximate surface area is 113 Å². The van der Waals surface area contributed by atoms with Gasteiger partial charge in [0, 0.05) is 29.2 Å². The van der Waals surface area contributed by atoms with E-state index in [0.717, 1.165) is 29.3 Å². The van der Waals surface area contributed by atoms with Crippen molar-refractivity contribution in [2.75, 3.05) is 0 Å². The lowest BCUT2D eigenvalue weighted by Crippen LogP contribution is -2.47. The molecular weight excluding hydrogens is 236 g/mol. The topological polar surface area (TPSA) is 36.1 Å². The Kier molecular flexibility index (Phi) is 3.05. The molecule has 0 spiro atoms. The van der Waals surface area contributed by atoms with Crippen LogP contribution in [0.4, 0.5) is 0 Å². The molecule has 1 fully saturated rings. The van der Waals surface area contributed by atoms with Gasteiger partial charge in [-0.25, -0.2) is 0 Å². The number of rotatable bonds is 1. The predicted molar refractivity (Wildman–Crippen MR) is 77.2 cm³/mol. The molecule has 3 rings (SSSR count). The Morgan fingerprint density at radius 2 is 1.89 bits per heavy atom. The van der Waals surface area contributed by atoms with Crippen molar-refractivity contribution in [2.24, 2.45) is 0 Å². The van der Waals surface area contributed by atoms with E-state index >= 15 is 0 Å². The van der Waals surface area contributed by atoms with Gasteiger partial charge in [-0.05, 0) is 39.2 Å². The minimum Gasteiger partial charge on any atom is -0.360 e. The fourth-order valence-corrected chi connectivity index (χ4v) is 3.21. The number of carbonyl (C=O) groups is 1. The molecule has 2 aromatic rings. The molecule has 2 heterocycles. The van der Waals surface area contributed by atoms with Crippen LogP contribution < -0.4 is 0 Å². The van der Waals surface area contributed by atoms with Crippen LogP contribution in [0.15, 0.2) is 30.5 Å². The molecule has 2 atom stereocenters. The molecule has 0 saturated carbocycles. The quantitative estimate of drug-likeness (QED) is 0.832. The minimum absolute atomic E-state index is 0.164. The van der Waals surface area contributed by atoms with Crippen LogP contribution >= 0.6 is 0 Å². The van der Waals surface area contributed by atoms with E-state index in [0.29, 0.717) is 12.1 Å². The van der Waals surface area contributed by atoms with E-state index in [1.807, 2.05) is 30.5 Å². The number of fused-ring (bicyclic) bond motifs is 1. The van der Waals surface area contributed by atoms with E-state index in [-0.39, 0.29) is 5.91 Å². The molecule has 1 aliphatic rings. The largest absolute Gasteiger partial charge is 0.360 e. The first kappa shape index (κ1) is 12.3. The van der Waals surface area contributed by atoms with Crippen LogP contribution in [-0.4, -0.2) is 27.9 Å². The lowest BCUT2D eigenvalue weighted by molar-refractivity contribution is 0.0513. The van der Waals surface area contributed by atoms with Crippen molar-refractivity contribution >= 4 is 16.8 Å². The Morgan fingerprint density at radius 3 is 2.63 bits per heavy atom. The molecule has 1 saturated heterocycles. The third kappa shape index (κ3) is 2.03. The summed E-state index contributed by atoms with van der Waals surface area (Å²) in [5, 5.41) is 1.03. The fourth-order valence-electron chi connectivity index (χ4n) is 3.21. The standard InChI is InChI=1S/C16H20N2O/c1-11-6-5-7-12(2)18(11)16(19)14-10-17-15-9-4-3-8-13(14)15/h3-4,8-12,17H,5-7H2,1-2H3/t11-,12+. The smallest absolute Gasteiger partial charge is 0.256 e. The molecule has 0 bridgehead atoms. The average Bonchev–Trinajstić information content (AvgIpc) is 2.82. The normalized spacial score (nSPS) is 23.8. The Morgan fingerprint density at radius 1 is 1.21 bits per heavy atom. The molecule has 3 heteroatoms. The fraction of sp³-hybridized carbons (Fsp3) is 0.438. The Balaban J connectivity index is 1.99. The van der Waals surface area contributed by atoms with Crippen LogP contribution in [0.5, 0.6) is 0 Å². The van der Waals surface area contributed by atoms with Gasteiger partial charge in [0.1, 0.15) is 0 Å². The van der Waals surface area contributed by atoms with Gasteiger partial charge in [-0.15, -0.1) is 0 Å². The number of benzene rings is 1. The summed E-state index contributed by atoms with van der Waals surface area (Å²) in [6, 6.07) is 8.66. The van der Waals surface area contributed by atoms with Crippen molar-refractivity contribution in [1.82, 2.24) is 9.88 Å². The Bertz CT molecular complexity index is 592. The van der Waals surface area contributed by atoms with Gasteiger partial charge in [-0.3, -0.25) is 4.79 Å². The van der Waals surface area contributed by atoms with Gasteiger partial charge < -0.3 is 9.88 Å². The monoisotopic (exact) mass is 256 g/mol. The van der Waals surface area contributed by atoms with Crippen LogP contribution in [0.3, 0.4) is 0 Å². The third-order valence-electron chi connectivity index (χ3n) is 4.25. The SMILES string of the molecule is C[C@@H]1CCC[C@H](C)N1C(=O)c1c[nH]c2ccccc12. The summed E-state index contributed by atoms with van der Waals surface area (Å²) in [5.41, 5.74) is 1.83. The first-order valence-electron chi connectivity index (χ1n) is 7.07. The van der Waals surface area contributed by atoms with Crippen LogP contribution in [0.2, 0.25) is 0 Å². The first-order chi connectivity index (χ1) is 9.18. The van der Waals surface area contributed by atoms with Crippen LogP contribution in [0.1, 0.15) is 43.5 Å². The molecule has 1 aromatic heterocycles. The maximum atomic E-state index is 12.8. The highest BCUT2D eigenvalue weighted by Crippen LogP contribution is 2.27. The summed E-state index contributed by atoms with van der Waals surface area (Å²) in [4.78, 5) is 18.0. The van der Waals surface area contributed by atoms with Crippen molar-refractivity contribution < 1.29 is 4.79 Å². The average molecular weight is 256 g/mol. The van der Waals surface area contributed by atoms with E-state index < -0.39 is 0 Å². The minimum atomic E-state index is 0.164. The highest BCUT2D eigenvalue weighted by molar-refractivity contribution is 6.06. The van der Waals surface area contributed by atoms with Gasteiger partial charge in [0.15, 0.2) is 0 Å². The maximum Gasteiger partial charge on any atom is 0.256 e. The second-order valence-electron chi connectivity index (χ2n) is 5.59. The molecule has 19 heavy (non-hydrogen) atoms. The van der Waals surface area contributed by atoms with Crippen molar-refractivity contribution in [3.05, 3.63) is 36.0 Å². The number of aromatic nitrogens is 1. The number of likely N-dealkylation sites (tertiary alicyclic amines) is 1. The molecular formula is C16H20N2O. The summed E-state index contributed by atoms with van der Waals surface area (Å²) in [6.45, 7) is 4.31. The second-order valence-corrected chi connectivity index (χ2v) is 5.59. The summed E-state index contributed by atoms with van der Waals surface area (Å²) >= 11 is 0. The lowest BCUT2D eigenvalue weighted by Gasteiger charge is -2.39. The van der Waals surface area contributed by atoms with E-state index in [9.17, 15) is 4.79 Å². The number of nitrogens with one attached hydrogen (secondary N) is 1. The van der Waals surface area contributed by atoms with Crippen molar-refractivity contribution in [3.63, 3.8) is 0 Å². The number of aromatic amines is 1. The number of hydrogen-bond acceptors (Lipinski definition) is 1. The van der Waals surface area contributed by atoms with Crippen LogP contribution in [-0.2, 0) is 0 Å². The van der Waals surface area contributed by atoms with Gasteiger partial charge in [0.25, 0.3) is 5.91 Å². The number of nitrogens with zero attached hydrogens (tertiary/aromatic N) is 1. The number of amides is 1. The molecule has 0 radical (unpaired) electrons. The molecule has 0 aliphatic carbocycles. The number of carbonyl (C=O) groups excluding carboxylic acids is 1. The van der Waals surface area contributed by atoms with Gasteiger partial charge in [-0.1, -0.05) is 18.2 Å². The van der Waals surface area contributed by atoms with E-state index in [2.05, 4.69) is 23.7 Å². The molecule has 100 valence electrons.